The van der Waals surface area contributed by atoms with Crippen molar-refractivity contribution in [3.05, 3.63) is 64.3 Å². The molecule has 5 rings (SSSR count). The van der Waals surface area contributed by atoms with E-state index in [1.54, 1.807) is 18.3 Å². The highest BCUT2D eigenvalue weighted by Gasteiger charge is 2.24. The fourth-order valence-electron chi connectivity index (χ4n) is 4.82. The Balaban J connectivity index is 1.30. The third-order valence-electron chi connectivity index (χ3n) is 7.06. The van der Waals surface area contributed by atoms with Crippen molar-refractivity contribution in [2.75, 3.05) is 26.2 Å². The molecule has 1 saturated carbocycles. The average Bonchev–Trinajstić information content (AvgIpc) is 3.50. The highest BCUT2D eigenvalue weighted by molar-refractivity contribution is 6.31. The van der Waals surface area contributed by atoms with E-state index in [4.69, 9.17) is 16.3 Å². The number of likely N-dealkylation sites (tertiary alicyclic amines) is 1. The minimum absolute atomic E-state index is 0.0911. The number of aromatic nitrogens is 1. The molecule has 1 N–H and O–H groups in total. The fraction of sp³-hybridized carbons (Fsp3) is 0.414. The molecule has 2 fully saturated rings. The smallest absolute Gasteiger partial charge is 0.251 e. The second kappa shape index (κ2) is 11.0. The zero-order valence-corrected chi connectivity index (χ0v) is 21.4. The van der Waals surface area contributed by atoms with Crippen molar-refractivity contribution < 1.29 is 14.3 Å². The minimum atomic E-state index is -0.0911. The Morgan fingerprint density at radius 1 is 1.14 bits per heavy atom. The number of ether oxygens (including phenoxy) is 1. The molecule has 1 aliphatic heterocycles. The van der Waals surface area contributed by atoms with Crippen molar-refractivity contribution >= 4 is 34.2 Å². The third-order valence-corrected chi connectivity index (χ3v) is 7.41. The molecule has 2 heterocycles. The number of benzene rings is 2. The van der Waals surface area contributed by atoms with Crippen LogP contribution in [0.4, 0.5) is 0 Å². The first-order valence-corrected chi connectivity index (χ1v) is 13.2. The molecule has 2 aliphatic rings. The maximum atomic E-state index is 13.0. The van der Waals surface area contributed by atoms with Crippen LogP contribution in [0.15, 0.2) is 42.6 Å². The number of hydrogen-bond donors (Lipinski definition) is 1. The van der Waals surface area contributed by atoms with Crippen molar-refractivity contribution in [2.45, 2.75) is 45.4 Å². The van der Waals surface area contributed by atoms with E-state index < -0.39 is 0 Å². The summed E-state index contributed by atoms with van der Waals surface area (Å²) in [6.07, 6.45) is 7.48. The zero-order valence-electron chi connectivity index (χ0n) is 20.7. The van der Waals surface area contributed by atoms with E-state index in [9.17, 15) is 9.59 Å². The summed E-state index contributed by atoms with van der Waals surface area (Å²) in [5.41, 5.74) is 3.06. The number of nitrogens with zero attached hydrogens (tertiary/aromatic N) is 2. The summed E-state index contributed by atoms with van der Waals surface area (Å²) < 4.78 is 6.18. The van der Waals surface area contributed by atoms with Gasteiger partial charge in [-0.3, -0.25) is 14.6 Å². The molecule has 1 aromatic heterocycles. The van der Waals surface area contributed by atoms with Gasteiger partial charge in [0.25, 0.3) is 5.91 Å². The van der Waals surface area contributed by atoms with Crippen LogP contribution >= 0.6 is 11.6 Å². The summed E-state index contributed by atoms with van der Waals surface area (Å²) >= 11 is 6.49. The van der Waals surface area contributed by atoms with E-state index in [2.05, 4.69) is 15.2 Å². The Bertz CT molecular complexity index is 1280. The first kappa shape index (κ1) is 24.7. The molecule has 1 amide bonds. The standard InChI is InChI=1S/C29H32ClN3O3/c1-19-14-27-25(18-24(19)29(35)32-10-13-33-11-2-3-12-33)28(8-9-31-27)36-23-7-6-21(26(30)17-23)16-22(34)15-20-4-5-20/h6-9,14,17-18,20H,2-5,10-13,15-16H2,1H3,(H,32,35). The molecule has 36 heavy (non-hydrogen) atoms. The molecule has 0 bridgehead atoms. The molecule has 2 aromatic carbocycles. The summed E-state index contributed by atoms with van der Waals surface area (Å²) in [6, 6.07) is 11.0. The van der Waals surface area contributed by atoms with Crippen molar-refractivity contribution in [3.63, 3.8) is 0 Å². The van der Waals surface area contributed by atoms with Gasteiger partial charge in [0.2, 0.25) is 0 Å². The lowest BCUT2D eigenvalue weighted by atomic mass is 10.0. The lowest BCUT2D eigenvalue weighted by Gasteiger charge is -2.16. The van der Waals surface area contributed by atoms with Crippen molar-refractivity contribution in [1.82, 2.24) is 15.2 Å². The zero-order chi connectivity index (χ0) is 25.1. The third kappa shape index (κ3) is 6.05. The highest BCUT2D eigenvalue weighted by Crippen LogP contribution is 2.35. The van der Waals surface area contributed by atoms with Crippen LogP contribution in [0.1, 0.15) is 53.6 Å². The summed E-state index contributed by atoms with van der Waals surface area (Å²) in [4.78, 5) is 32.1. The van der Waals surface area contributed by atoms with E-state index in [1.807, 2.05) is 31.2 Å². The average molecular weight is 506 g/mol. The highest BCUT2D eigenvalue weighted by atomic mass is 35.5. The van der Waals surface area contributed by atoms with E-state index in [0.29, 0.717) is 47.4 Å². The van der Waals surface area contributed by atoms with Crippen molar-refractivity contribution in [3.8, 4) is 11.5 Å². The molecule has 7 heteroatoms. The number of fused-ring (bicyclic) bond motifs is 1. The molecule has 0 atom stereocenters. The lowest BCUT2D eigenvalue weighted by Crippen LogP contribution is -2.33. The number of nitrogens with one attached hydrogen (secondary N) is 1. The topological polar surface area (TPSA) is 71.5 Å². The van der Waals surface area contributed by atoms with Gasteiger partial charge in [-0.2, -0.15) is 0 Å². The predicted molar refractivity (Wildman–Crippen MR) is 142 cm³/mol. The summed E-state index contributed by atoms with van der Waals surface area (Å²) in [5.74, 6) is 1.88. The molecule has 1 saturated heterocycles. The number of carbonyl (C=O) groups is 2. The predicted octanol–water partition coefficient (Wildman–Crippen LogP) is 5.73. The Kier molecular flexibility index (Phi) is 7.54. The van der Waals surface area contributed by atoms with Gasteiger partial charge in [-0.15, -0.1) is 0 Å². The Hall–Kier alpha value is -2.96. The molecule has 0 unspecified atom stereocenters. The van der Waals surface area contributed by atoms with Gasteiger partial charge in [-0.25, -0.2) is 0 Å². The first-order chi connectivity index (χ1) is 17.5. The van der Waals surface area contributed by atoms with Crippen LogP contribution in [0.2, 0.25) is 5.02 Å². The Morgan fingerprint density at radius 2 is 1.94 bits per heavy atom. The van der Waals surface area contributed by atoms with E-state index in [-0.39, 0.29) is 11.7 Å². The number of pyridine rings is 1. The van der Waals surface area contributed by atoms with Crippen LogP contribution in [0.3, 0.4) is 0 Å². The molecular formula is C29H32ClN3O3. The van der Waals surface area contributed by atoms with Crippen molar-refractivity contribution in [1.29, 1.82) is 0 Å². The fourth-order valence-corrected chi connectivity index (χ4v) is 5.06. The maximum absolute atomic E-state index is 13.0. The molecule has 188 valence electrons. The second-order valence-corrected chi connectivity index (χ2v) is 10.4. The maximum Gasteiger partial charge on any atom is 0.251 e. The molecule has 0 radical (unpaired) electrons. The number of carbonyl (C=O) groups excluding carboxylic acids is 2. The van der Waals surface area contributed by atoms with Gasteiger partial charge < -0.3 is 15.0 Å². The lowest BCUT2D eigenvalue weighted by molar-refractivity contribution is -0.118. The Morgan fingerprint density at radius 3 is 2.69 bits per heavy atom. The van der Waals surface area contributed by atoms with Crippen LogP contribution in [0.5, 0.6) is 11.5 Å². The van der Waals surface area contributed by atoms with Crippen LogP contribution in [-0.4, -0.2) is 47.8 Å². The van der Waals surface area contributed by atoms with Crippen LogP contribution in [0.25, 0.3) is 10.9 Å². The van der Waals surface area contributed by atoms with Gasteiger partial charge in [-0.1, -0.05) is 17.7 Å². The molecule has 3 aromatic rings. The normalized spacial score (nSPS) is 15.8. The van der Waals surface area contributed by atoms with Crippen LogP contribution < -0.4 is 10.1 Å². The monoisotopic (exact) mass is 505 g/mol. The first-order valence-electron chi connectivity index (χ1n) is 12.8. The van der Waals surface area contributed by atoms with Gasteiger partial charge in [0.1, 0.15) is 17.3 Å². The minimum Gasteiger partial charge on any atom is -0.457 e. The number of hydrogen-bond acceptors (Lipinski definition) is 5. The van der Waals surface area contributed by atoms with Crippen LogP contribution in [-0.2, 0) is 11.2 Å². The molecular weight excluding hydrogens is 474 g/mol. The van der Waals surface area contributed by atoms with Gasteiger partial charge in [0.05, 0.1) is 5.52 Å². The quantitative estimate of drug-likeness (QED) is 0.381. The number of amides is 1. The molecule has 6 nitrogen and oxygen atoms in total. The van der Waals surface area contributed by atoms with Gasteiger partial charge in [0.15, 0.2) is 0 Å². The second-order valence-electron chi connectivity index (χ2n) is 10.0. The molecule has 0 spiro atoms. The number of aryl methyl sites for hydroxylation is 1. The SMILES string of the molecule is Cc1cc2nccc(Oc3ccc(CC(=O)CC4CC4)c(Cl)c3)c2cc1C(=O)NCCN1CCCC1. The number of rotatable bonds is 10. The van der Waals surface area contributed by atoms with Crippen LogP contribution in [0, 0.1) is 12.8 Å². The van der Waals surface area contributed by atoms with Gasteiger partial charge in [0, 0.05) is 48.1 Å². The number of Topliss-reactive ketones (excluding diaryl/α,β-unsaturated/α-hetero) is 1. The summed E-state index contributed by atoms with van der Waals surface area (Å²) in [5, 5.41) is 4.33. The molecule has 1 aliphatic carbocycles. The Labute approximate surface area is 217 Å². The van der Waals surface area contributed by atoms with Gasteiger partial charge >= 0.3 is 0 Å². The van der Waals surface area contributed by atoms with Gasteiger partial charge in [-0.05, 0) is 93.1 Å². The van der Waals surface area contributed by atoms with E-state index >= 15 is 0 Å². The van der Waals surface area contributed by atoms with E-state index in [0.717, 1.165) is 54.5 Å². The number of halogens is 1. The number of ketones is 1. The summed E-state index contributed by atoms with van der Waals surface area (Å²) in [7, 11) is 0. The van der Waals surface area contributed by atoms with Crippen molar-refractivity contribution in [2.24, 2.45) is 5.92 Å². The summed E-state index contributed by atoms with van der Waals surface area (Å²) in [6.45, 7) is 5.64. The largest absolute Gasteiger partial charge is 0.457 e. The van der Waals surface area contributed by atoms with E-state index in [1.165, 1.54) is 12.8 Å².